The summed E-state index contributed by atoms with van der Waals surface area (Å²) < 4.78 is 21.9. The number of allylic oxidation sites excluding steroid dienone is 5. The first-order valence-corrected chi connectivity index (χ1v) is 18.2. The van der Waals surface area contributed by atoms with Crippen LogP contribution in [0.5, 0.6) is 0 Å². The zero-order valence-electron chi connectivity index (χ0n) is 27.0. The van der Waals surface area contributed by atoms with E-state index in [2.05, 4.69) is 43.5 Å². The maximum atomic E-state index is 12.6. The minimum atomic E-state index is -4.39. The Hall–Kier alpha value is -1.32. The van der Waals surface area contributed by atoms with E-state index in [0.717, 1.165) is 44.9 Å². The van der Waals surface area contributed by atoms with Crippen LogP contribution < -0.4 is 11.1 Å². The highest BCUT2D eigenvalue weighted by Crippen LogP contribution is 2.43. The number of amides is 1. The van der Waals surface area contributed by atoms with Crippen LogP contribution in [0.4, 0.5) is 0 Å². The molecule has 0 aliphatic carbocycles. The molecule has 0 radical (unpaired) electrons. The van der Waals surface area contributed by atoms with Gasteiger partial charge in [-0.25, -0.2) is 4.57 Å². The van der Waals surface area contributed by atoms with Gasteiger partial charge < -0.3 is 26.2 Å². The molecule has 0 spiro atoms. The van der Waals surface area contributed by atoms with Crippen LogP contribution in [-0.4, -0.2) is 59.0 Å². The fourth-order valence-electron chi connectivity index (χ4n) is 4.40. The first-order valence-electron chi connectivity index (χ1n) is 16.7. The standard InChI is InChI=1S/C33H63N2O7P/c1-3-5-7-9-11-13-14-15-17-19-21-23-25-32(37)31(29-42-43(39,40)41-27-26-34)35-33(38)28-30(36)24-22-20-18-16-12-10-8-6-4-2/h10,12,15,17,23,25,30-32,36-37H,3-9,11,13-14,16,18-22,24,26-29,34H2,1-2H3,(H,35,38)(H,39,40)/b12-10-,17-15+,25-23+. The van der Waals surface area contributed by atoms with Gasteiger partial charge in [-0.3, -0.25) is 13.8 Å². The number of unbranched alkanes of at least 4 members (excludes halogenated alkanes) is 12. The zero-order valence-corrected chi connectivity index (χ0v) is 27.9. The Morgan fingerprint density at radius 2 is 1.35 bits per heavy atom. The smallest absolute Gasteiger partial charge is 0.393 e. The number of aliphatic hydroxyl groups is 2. The first kappa shape index (κ1) is 41.7. The van der Waals surface area contributed by atoms with Crippen LogP contribution in [0.3, 0.4) is 0 Å². The lowest BCUT2D eigenvalue weighted by molar-refractivity contribution is -0.124. The Morgan fingerprint density at radius 1 is 0.791 bits per heavy atom. The minimum absolute atomic E-state index is 0.0421. The van der Waals surface area contributed by atoms with Gasteiger partial charge >= 0.3 is 7.82 Å². The molecular formula is C33H63N2O7P. The normalized spacial score (nSPS) is 15.8. The number of nitrogens with two attached hydrogens (primary N) is 1. The zero-order chi connectivity index (χ0) is 32.0. The number of rotatable bonds is 30. The molecule has 0 rings (SSSR count). The van der Waals surface area contributed by atoms with Gasteiger partial charge in [0.05, 0.1) is 37.9 Å². The lowest BCUT2D eigenvalue weighted by Crippen LogP contribution is -2.46. The molecule has 0 saturated heterocycles. The third-order valence-electron chi connectivity index (χ3n) is 6.99. The van der Waals surface area contributed by atoms with E-state index < -0.39 is 38.6 Å². The second kappa shape index (κ2) is 29.4. The third kappa shape index (κ3) is 27.9. The molecule has 0 aromatic heterocycles. The summed E-state index contributed by atoms with van der Waals surface area (Å²) in [6.45, 7) is 3.83. The van der Waals surface area contributed by atoms with Crippen molar-refractivity contribution >= 4 is 13.7 Å². The van der Waals surface area contributed by atoms with Crippen molar-refractivity contribution in [2.24, 2.45) is 5.73 Å². The molecule has 0 fully saturated rings. The second-order valence-corrected chi connectivity index (χ2v) is 12.6. The van der Waals surface area contributed by atoms with Crippen LogP contribution in [0.1, 0.15) is 129 Å². The molecule has 4 unspecified atom stereocenters. The number of aliphatic hydroxyl groups excluding tert-OH is 2. The highest BCUT2D eigenvalue weighted by Gasteiger charge is 2.27. The van der Waals surface area contributed by atoms with Crippen molar-refractivity contribution in [2.45, 2.75) is 148 Å². The van der Waals surface area contributed by atoms with E-state index in [-0.39, 0.29) is 19.6 Å². The summed E-state index contributed by atoms with van der Waals surface area (Å²) in [7, 11) is -4.39. The van der Waals surface area contributed by atoms with Gasteiger partial charge in [-0.1, -0.05) is 108 Å². The number of nitrogens with one attached hydrogen (secondary N) is 1. The Morgan fingerprint density at radius 3 is 2.00 bits per heavy atom. The number of carbonyl (C=O) groups is 1. The van der Waals surface area contributed by atoms with Crippen molar-refractivity contribution in [1.29, 1.82) is 0 Å². The number of hydrogen-bond acceptors (Lipinski definition) is 7. The predicted molar refractivity (Wildman–Crippen MR) is 177 cm³/mol. The van der Waals surface area contributed by atoms with Gasteiger partial charge in [0.2, 0.25) is 5.91 Å². The van der Waals surface area contributed by atoms with Gasteiger partial charge in [0.1, 0.15) is 0 Å². The van der Waals surface area contributed by atoms with Crippen LogP contribution in [0, 0.1) is 0 Å². The number of phosphoric acid groups is 1. The minimum Gasteiger partial charge on any atom is -0.393 e. The molecule has 4 atom stereocenters. The Bertz CT molecular complexity index is 791. The molecule has 0 bridgehead atoms. The fraction of sp³-hybridized carbons (Fsp3) is 0.788. The maximum Gasteiger partial charge on any atom is 0.472 e. The van der Waals surface area contributed by atoms with Crippen molar-refractivity contribution in [3.8, 4) is 0 Å². The van der Waals surface area contributed by atoms with Crippen LogP contribution in [0.25, 0.3) is 0 Å². The molecule has 1 amide bonds. The monoisotopic (exact) mass is 630 g/mol. The second-order valence-electron chi connectivity index (χ2n) is 11.2. The molecule has 0 aromatic rings. The molecule has 9 nitrogen and oxygen atoms in total. The van der Waals surface area contributed by atoms with Gasteiger partial charge in [-0.05, 0) is 51.4 Å². The average molecular weight is 631 g/mol. The lowest BCUT2D eigenvalue weighted by atomic mass is 10.1. The number of hydrogen-bond donors (Lipinski definition) is 5. The molecular weight excluding hydrogens is 567 g/mol. The van der Waals surface area contributed by atoms with Gasteiger partial charge in [0.25, 0.3) is 0 Å². The molecule has 0 saturated carbocycles. The summed E-state index contributed by atoms with van der Waals surface area (Å²) in [5, 5.41) is 23.7. The Balaban J connectivity index is 4.64. The number of carbonyl (C=O) groups excluding carboxylic acids is 1. The average Bonchev–Trinajstić information content (AvgIpc) is 2.97. The number of phosphoric ester groups is 1. The molecule has 0 aliphatic heterocycles. The lowest BCUT2D eigenvalue weighted by Gasteiger charge is -2.24. The van der Waals surface area contributed by atoms with Crippen molar-refractivity contribution < 1.29 is 33.5 Å². The van der Waals surface area contributed by atoms with Crippen LogP contribution in [0.15, 0.2) is 36.5 Å². The highest BCUT2D eigenvalue weighted by molar-refractivity contribution is 7.47. The Labute approximate surface area is 262 Å². The van der Waals surface area contributed by atoms with E-state index in [1.165, 1.54) is 51.4 Å². The summed E-state index contributed by atoms with van der Waals surface area (Å²) in [6.07, 6.45) is 28.1. The molecule has 0 heterocycles. The van der Waals surface area contributed by atoms with Crippen LogP contribution in [0.2, 0.25) is 0 Å². The first-order chi connectivity index (χ1) is 20.8. The quantitative estimate of drug-likeness (QED) is 0.0323. The van der Waals surface area contributed by atoms with Gasteiger partial charge in [0.15, 0.2) is 0 Å². The van der Waals surface area contributed by atoms with Gasteiger partial charge in [-0.15, -0.1) is 0 Å². The van der Waals surface area contributed by atoms with E-state index in [0.29, 0.717) is 12.8 Å². The van der Waals surface area contributed by atoms with E-state index in [1.807, 2.05) is 6.08 Å². The summed E-state index contributed by atoms with van der Waals surface area (Å²) in [4.78, 5) is 22.5. The summed E-state index contributed by atoms with van der Waals surface area (Å²) >= 11 is 0. The molecule has 43 heavy (non-hydrogen) atoms. The molecule has 252 valence electrons. The summed E-state index contributed by atoms with van der Waals surface area (Å²) in [6, 6.07) is -0.999. The topological polar surface area (TPSA) is 151 Å². The van der Waals surface area contributed by atoms with Gasteiger partial charge in [-0.2, -0.15) is 0 Å². The SMILES string of the molecule is CCCC/C=C\CCCCCC(O)CC(=O)NC(COP(=O)(O)OCCN)C(O)/C=C/CC/C=C/CCCCCCCC. The maximum absolute atomic E-state index is 12.6. The summed E-state index contributed by atoms with van der Waals surface area (Å²) in [5.41, 5.74) is 5.32. The molecule has 0 aliphatic rings. The van der Waals surface area contributed by atoms with E-state index in [1.54, 1.807) is 6.08 Å². The third-order valence-corrected chi connectivity index (χ3v) is 7.98. The van der Waals surface area contributed by atoms with Crippen molar-refractivity contribution in [1.82, 2.24) is 5.32 Å². The van der Waals surface area contributed by atoms with Crippen molar-refractivity contribution in [3.63, 3.8) is 0 Å². The fourth-order valence-corrected chi connectivity index (χ4v) is 5.16. The van der Waals surface area contributed by atoms with E-state index >= 15 is 0 Å². The summed E-state index contributed by atoms with van der Waals surface area (Å²) in [5.74, 6) is -0.472. The van der Waals surface area contributed by atoms with Crippen molar-refractivity contribution in [2.75, 3.05) is 19.8 Å². The molecule has 10 heteroatoms. The van der Waals surface area contributed by atoms with E-state index in [4.69, 9.17) is 14.8 Å². The largest absolute Gasteiger partial charge is 0.472 e. The van der Waals surface area contributed by atoms with Gasteiger partial charge in [0, 0.05) is 6.54 Å². The molecule has 0 aromatic carbocycles. The van der Waals surface area contributed by atoms with Crippen LogP contribution in [-0.2, 0) is 18.4 Å². The molecule has 6 N–H and O–H groups in total. The van der Waals surface area contributed by atoms with Crippen molar-refractivity contribution in [3.05, 3.63) is 36.5 Å². The predicted octanol–water partition coefficient (Wildman–Crippen LogP) is 7.02. The Kier molecular flexibility index (Phi) is 28.5. The van der Waals surface area contributed by atoms with Crippen LogP contribution >= 0.6 is 7.82 Å². The van der Waals surface area contributed by atoms with E-state index in [9.17, 15) is 24.5 Å². The highest BCUT2D eigenvalue weighted by atomic mass is 31.2.